The molecule has 0 unspecified atom stereocenters. The maximum absolute atomic E-state index is 12.4. The third-order valence-electron chi connectivity index (χ3n) is 3.60. The third-order valence-corrected chi connectivity index (χ3v) is 4.78. The van der Waals surface area contributed by atoms with Crippen LogP contribution in [-0.2, 0) is 0 Å². The highest BCUT2D eigenvalue weighted by atomic mass is 32.1. The number of pyridine rings is 1. The average Bonchev–Trinajstić information content (AvgIpc) is 3.08. The van der Waals surface area contributed by atoms with Crippen molar-refractivity contribution >= 4 is 17.2 Å². The molecule has 2 aromatic heterocycles. The van der Waals surface area contributed by atoms with Crippen LogP contribution in [0.15, 0.2) is 48.7 Å². The number of aromatic nitrogens is 2. The number of methoxy groups -OCH3 is 1. The summed E-state index contributed by atoms with van der Waals surface area (Å²) in [5.74, 6) is 1.35. The fourth-order valence-electron chi connectivity index (χ4n) is 2.29. The first-order valence-electron chi connectivity index (χ1n) is 8.11. The molecule has 1 amide bonds. The zero-order chi connectivity index (χ0) is 18.4. The molecule has 134 valence electrons. The molecule has 0 bridgehead atoms. The Labute approximate surface area is 155 Å². The first-order chi connectivity index (χ1) is 12.7. The molecule has 1 aromatic carbocycles. The maximum atomic E-state index is 12.4. The van der Waals surface area contributed by atoms with Gasteiger partial charge in [-0.05, 0) is 43.3 Å². The molecular formula is C19H19N3O3S. The fraction of sp³-hybridized carbons (Fsp3) is 0.211. The first kappa shape index (κ1) is 17.9. The van der Waals surface area contributed by atoms with E-state index >= 15 is 0 Å². The molecule has 0 radical (unpaired) electrons. The summed E-state index contributed by atoms with van der Waals surface area (Å²) in [7, 11) is 1.62. The first-order valence-corrected chi connectivity index (χ1v) is 8.93. The van der Waals surface area contributed by atoms with Crippen molar-refractivity contribution in [2.45, 2.75) is 6.92 Å². The predicted octanol–water partition coefficient (Wildman–Crippen LogP) is 3.33. The van der Waals surface area contributed by atoms with Crippen molar-refractivity contribution in [3.8, 4) is 22.2 Å². The standard InChI is InChI=1S/C19H19N3O3S/c1-13-17(26-19(22-13)16-5-3-4-10-20-16)18(23)21-11-12-25-15-8-6-14(24-2)7-9-15/h3-10H,11-12H2,1-2H3,(H,21,23). The van der Waals surface area contributed by atoms with Gasteiger partial charge in [0.25, 0.3) is 5.91 Å². The molecule has 0 aliphatic carbocycles. The number of aryl methyl sites for hydroxylation is 1. The SMILES string of the molecule is COc1ccc(OCCNC(=O)c2sc(-c3ccccn3)nc2C)cc1. The Balaban J connectivity index is 1.52. The third kappa shape index (κ3) is 4.37. The van der Waals surface area contributed by atoms with E-state index in [9.17, 15) is 4.79 Å². The molecule has 0 aliphatic rings. The minimum atomic E-state index is -0.152. The van der Waals surface area contributed by atoms with Gasteiger partial charge < -0.3 is 14.8 Å². The molecule has 0 fully saturated rings. The minimum Gasteiger partial charge on any atom is -0.497 e. The van der Waals surface area contributed by atoms with Crippen LogP contribution in [0, 0.1) is 6.92 Å². The fourth-order valence-corrected chi connectivity index (χ4v) is 3.25. The molecule has 3 rings (SSSR count). The van der Waals surface area contributed by atoms with Crippen LogP contribution in [0.4, 0.5) is 0 Å². The Morgan fingerprint density at radius 1 is 1.15 bits per heavy atom. The topological polar surface area (TPSA) is 73.3 Å². The van der Waals surface area contributed by atoms with Gasteiger partial charge in [-0.25, -0.2) is 4.98 Å². The van der Waals surface area contributed by atoms with Gasteiger partial charge in [0.2, 0.25) is 0 Å². The Kier molecular flexibility index (Phi) is 5.80. The number of amides is 1. The van der Waals surface area contributed by atoms with E-state index in [0.29, 0.717) is 23.7 Å². The van der Waals surface area contributed by atoms with E-state index in [4.69, 9.17) is 9.47 Å². The molecule has 0 aliphatic heterocycles. The van der Waals surface area contributed by atoms with E-state index in [2.05, 4.69) is 15.3 Å². The van der Waals surface area contributed by atoms with Crippen molar-refractivity contribution in [1.82, 2.24) is 15.3 Å². The van der Waals surface area contributed by atoms with Crippen LogP contribution < -0.4 is 14.8 Å². The molecule has 26 heavy (non-hydrogen) atoms. The van der Waals surface area contributed by atoms with Gasteiger partial charge >= 0.3 is 0 Å². The minimum absolute atomic E-state index is 0.152. The Morgan fingerprint density at radius 2 is 1.92 bits per heavy atom. The van der Waals surface area contributed by atoms with E-state index < -0.39 is 0 Å². The van der Waals surface area contributed by atoms with Crippen molar-refractivity contribution in [3.05, 3.63) is 59.2 Å². The van der Waals surface area contributed by atoms with Crippen LogP contribution in [0.2, 0.25) is 0 Å². The lowest BCUT2D eigenvalue weighted by Crippen LogP contribution is -2.27. The monoisotopic (exact) mass is 369 g/mol. The summed E-state index contributed by atoms with van der Waals surface area (Å²) in [6.07, 6.45) is 1.71. The zero-order valence-corrected chi connectivity index (χ0v) is 15.4. The van der Waals surface area contributed by atoms with Crippen LogP contribution in [0.1, 0.15) is 15.4 Å². The molecule has 6 nitrogen and oxygen atoms in total. The van der Waals surface area contributed by atoms with Crippen molar-refractivity contribution in [3.63, 3.8) is 0 Å². The zero-order valence-electron chi connectivity index (χ0n) is 14.6. The van der Waals surface area contributed by atoms with Gasteiger partial charge in [-0.15, -0.1) is 11.3 Å². The predicted molar refractivity (Wildman–Crippen MR) is 101 cm³/mol. The Bertz CT molecular complexity index is 863. The molecule has 0 atom stereocenters. The van der Waals surface area contributed by atoms with E-state index in [1.54, 1.807) is 13.3 Å². The Hall–Kier alpha value is -2.93. The van der Waals surface area contributed by atoms with Crippen molar-refractivity contribution in [2.75, 3.05) is 20.3 Å². The van der Waals surface area contributed by atoms with E-state index in [0.717, 1.165) is 22.2 Å². The lowest BCUT2D eigenvalue weighted by molar-refractivity contribution is 0.0950. The number of nitrogens with zero attached hydrogens (tertiary/aromatic N) is 2. The molecule has 0 spiro atoms. The second-order valence-electron chi connectivity index (χ2n) is 5.43. The average molecular weight is 369 g/mol. The number of nitrogens with one attached hydrogen (secondary N) is 1. The van der Waals surface area contributed by atoms with Gasteiger partial charge in [-0.1, -0.05) is 6.07 Å². The number of carbonyl (C=O) groups excluding carboxylic acids is 1. The number of hydrogen-bond donors (Lipinski definition) is 1. The number of hydrogen-bond acceptors (Lipinski definition) is 6. The van der Waals surface area contributed by atoms with Crippen LogP contribution >= 0.6 is 11.3 Å². The highest BCUT2D eigenvalue weighted by molar-refractivity contribution is 7.17. The molecule has 2 heterocycles. The van der Waals surface area contributed by atoms with E-state index in [-0.39, 0.29) is 5.91 Å². The number of benzene rings is 1. The lowest BCUT2D eigenvalue weighted by atomic mass is 10.3. The van der Waals surface area contributed by atoms with Gasteiger partial charge in [-0.3, -0.25) is 9.78 Å². The molecule has 1 N–H and O–H groups in total. The van der Waals surface area contributed by atoms with Gasteiger partial charge in [0.15, 0.2) is 0 Å². The summed E-state index contributed by atoms with van der Waals surface area (Å²) in [5, 5.41) is 3.60. The van der Waals surface area contributed by atoms with Crippen molar-refractivity contribution in [1.29, 1.82) is 0 Å². The van der Waals surface area contributed by atoms with Gasteiger partial charge in [0.05, 0.1) is 25.0 Å². The van der Waals surface area contributed by atoms with Gasteiger partial charge in [0.1, 0.15) is 28.0 Å². The molecular weight excluding hydrogens is 350 g/mol. The highest BCUT2D eigenvalue weighted by Gasteiger charge is 2.16. The second-order valence-corrected chi connectivity index (χ2v) is 6.43. The summed E-state index contributed by atoms with van der Waals surface area (Å²) < 4.78 is 10.7. The summed E-state index contributed by atoms with van der Waals surface area (Å²) in [6.45, 7) is 2.61. The van der Waals surface area contributed by atoms with Gasteiger partial charge in [0, 0.05) is 6.20 Å². The number of carbonyl (C=O) groups is 1. The summed E-state index contributed by atoms with van der Waals surface area (Å²) in [5.41, 5.74) is 1.46. The number of rotatable bonds is 7. The molecule has 3 aromatic rings. The van der Waals surface area contributed by atoms with E-state index in [1.807, 2.05) is 49.4 Å². The number of thiazole rings is 1. The molecule has 7 heteroatoms. The smallest absolute Gasteiger partial charge is 0.263 e. The Morgan fingerprint density at radius 3 is 2.62 bits per heavy atom. The van der Waals surface area contributed by atoms with Crippen LogP contribution in [0.25, 0.3) is 10.7 Å². The van der Waals surface area contributed by atoms with Crippen LogP contribution in [0.5, 0.6) is 11.5 Å². The van der Waals surface area contributed by atoms with Crippen molar-refractivity contribution < 1.29 is 14.3 Å². The van der Waals surface area contributed by atoms with Crippen LogP contribution in [0.3, 0.4) is 0 Å². The van der Waals surface area contributed by atoms with Crippen molar-refractivity contribution in [2.24, 2.45) is 0 Å². The van der Waals surface area contributed by atoms with E-state index in [1.165, 1.54) is 11.3 Å². The summed E-state index contributed by atoms with van der Waals surface area (Å²) in [4.78, 5) is 21.7. The second kappa shape index (κ2) is 8.44. The van der Waals surface area contributed by atoms with Crippen LogP contribution in [-0.4, -0.2) is 36.1 Å². The highest BCUT2D eigenvalue weighted by Crippen LogP contribution is 2.26. The summed E-state index contributed by atoms with van der Waals surface area (Å²) in [6, 6.07) is 12.9. The largest absolute Gasteiger partial charge is 0.497 e. The molecule has 0 saturated carbocycles. The quantitative estimate of drug-likeness (QED) is 0.647. The maximum Gasteiger partial charge on any atom is 0.263 e. The lowest BCUT2D eigenvalue weighted by Gasteiger charge is -2.08. The normalized spacial score (nSPS) is 10.4. The summed E-state index contributed by atoms with van der Waals surface area (Å²) >= 11 is 1.34. The van der Waals surface area contributed by atoms with Gasteiger partial charge in [-0.2, -0.15) is 0 Å². The number of ether oxygens (including phenoxy) is 2. The molecule has 0 saturated heterocycles.